The number of rotatable bonds is 8. The van der Waals surface area contributed by atoms with Gasteiger partial charge in [-0.1, -0.05) is 11.6 Å². The van der Waals surface area contributed by atoms with E-state index in [0.717, 1.165) is 0 Å². The molecule has 0 aliphatic carbocycles. The van der Waals surface area contributed by atoms with Gasteiger partial charge in [0.05, 0.1) is 36.2 Å². The van der Waals surface area contributed by atoms with Gasteiger partial charge in [0, 0.05) is 17.8 Å². The van der Waals surface area contributed by atoms with E-state index in [2.05, 4.69) is 10.6 Å². The van der Waals surface area contributed by atoms with Crippen molar-refractivity contribution in [3.63, 3.8) is 0 Å². The van der Waals surface area contributed by atoms with Gasteiger partial charge in [0.15, 0.2) is 11.5 Å². The van der Waals surface area contributed by atoms with E-state index in [-0.39, 0.29) is 0 Å². The van der Waals surface area contributed by atoms with E-state index in [1.54, 1.807) is 30.3 Å². The number of anilines is 3. The second-order valence-electron chi connectivity index (χ2n) is 5.42. The smallest absolute Gasteiger partial charge is 0.323 e. The predicted octanol–water partition coefficient (Wildman–Crippen LogP) is 4.76. The van der Waals surface area contributed by atoms with Crippen molar-refractivity contribution in [2.75, 3.05) is 36.2 Å². The van der Waals surface area contributed by atoms with E-state index in [1.807, 2.05) is 20.8 Å². The fourth-order valence-corrected chi connectivity index (χ4v) is 2.54. The lowest BCUT2D eigenvalue weighted by Gasteiger charge is -2.17. The number of carbonyl (C=O) groups excluding carboxylic acids is 1. The molecule has 0 spiro atoms. The topological polar surface area (TPSA) is 94.8 Å². The van der Waals surface area contributed by atoms with Crippen LogP contribution in [0.1, 0.15) is 20.8 Å². The zero-order valence-corrected chi connectivity index (χ0v) is 16.4. The van der Waals surface area contributed by atoms with Crippen molar-refractivity contribution in [3.05, 3.63) is 35.4 Å². The third-order valence-corrected chi connectivity index (χ3v) is 3.75. The Morgan fingerprint density at radius 3 is 2.00 bits per heavy atom. The third kappa shape index (κ3) is 5.59. The van der Waals surface area contributed by atoms with Gasteiger partial charge in [-0.05, 0) is 39.0 Å². The van der Waals surface area contributed by atoms with Crippen LogP contribution in [0, 0.1) is 0 Å². The molecule has 2 amide bonds. The summed E-state index contributed by atoms with van der Waals surface area (Å²) in [6.45, 7) is 6.98. The molecule has 146 valence electrons. The molecule has 0 aromatic heterocycles. The first-order valence-electron chi connectivity index (χ1n) is 8.67. The minimum atomic E-state index is -0.440. The number of urea groups is 1. The average molecular weight is 394 g/mol. The van der Waals surface area contributed by atoms with Crippen molar-refractivity contribution in [1.29, 1.82) is 0 Å². The summed E-state index contributed by atoms with van der Waals surface area (Å²) in [4.78, 5) is 12.3. The lowest BCUT2D eigenvalue weighted by atomic mass is 10.2. The van der Waals surface area contributed by atoms with E-state index in [1.165, 1.54) is 0 Å². The van der Waals surface area contributed by atoms with Crippen molar-refractivity contribution in [3.8, 4) is 17.2 Å². The molecule has 0 aliphatic rings. The Balaban J connectivity index is 2.22. The van der Waals surface area contributed by atoms with Gasteiger partial charge in [-0.25, -0.2) is 4.79 Å². The van der Waals surface area contributed by atoms with E-state index in [9.17, 15) is 4.79 Å². The van der Waals surface area contributed by atoms with E-state index >= 15 is 0 Å². The molecule has 8 heteroatoms. The zero-order valence-electron chi connectivity index (χ0n) is 15.6. The Labute approximate surface area is 163 Å². The highest BCUT2D eigenvalue weighted by molar-refractivity contribution is 6.33. The fourth-order valence-electron chi connectivity index (χ4n) is 2.36. The standard InChI is InChI=1S/C19H24ClN3O4/c1-4-25-16-10-13(11-17(26-5-2)18(16)27-6-3)23-19(24)22-12-7-8-15(21)14(20)9-12/h7-11H,4-6,21H2,1-3H3,(H2,22,23,24). The molecule has 0 saturated heterocycles. The molecule has 4 N–H and O–H groups in total. The number of nitrogen functional groups attached to an aromatic ring is 1. The van der Waals surface area contributed by atoms with Crippen LogP contribution in [0.5, 0.6) is 17.2 Å². The SMILES string of the molecule is CCOc1cc(NC(=O)Nc2ccc(N)c(Cl)c2)cc(OCC)c1OCC. The first kappa shape index (κ1) is 20.5. The highest BCUT2D eigenvalue weighted by atomic mass is 35.5. The summed E-state index contributed by atoms with van der Waals surface area (Å²) in [5.41, 5.74) is 7.14. The van der Waals surface area contributed by atoms with Gasteiger partial charge in [-0.15, -0.1) is 0 Å². The van der Waals surface area contributed by atoms with Crippen LogP contribution in [0.25, 0.3) is 0 Å². The Hall–Kier alpha value is -2.80. The lowest BCUT2D eigenvalue weighted by Crippen LogP contribution is -2.19. The van der Waals surface area contributed by atoms with Crippen molar-refractivity contribution in [2.45, 2.75) is 20.8 Å². The molecule has 0 saturated carbocycles. The molecule has 0 fully saturated rings. The summed E-state index contributed by atoms with van der Waals surface area (Å²) in [6, 6.07) is 7.79. The normalized spacial score (nSPS) is 10.2. The first-order chi connectivity index (χ1) is 13.0. The Kier molecular flexibility index (Phi) is 7.43. The van der Waals surface area contributed by atoms with Crippen molar-refractivity contribution in [2.24, 2.45) is 0 Å². The monoisotopic (exact) mass is 393 g/mol. The molecule has 0 aliphatic heterocycles. The van der Waals surface area contributed by atoms with Crippen LogP contribution >= 0.6 is 11.6 Å². The molecular formula is C19H24ClN3O4. The lowest BCUT2D eigenvalue weighted by molar-refractivity contribution is 0.260. The predicted molar refractivity (Wildman–Crippen MR) is 108 cm³/mol. The fraction of sp³-hybridized carbons (Fsp3) is 0.316. The highest BCUT2D eigenvalue weighted by Gasteiger charge is 2.16. The Morgan fingerprint density at radius 2 is 1.48 bits per heavy atom. The van der Waals surface area contributed by atoms with Crippen LogP contribution in [0.2, 0.25) is 5.02 Å². The van der Waals surface area contributed by atoms with Gasteiger partial charge in [-0.3, -0.25) is 0 Å². The second-order valence-corrected chi connectivity index (χ2v) is 5.82. The van der Waals surface area contributed by atoms with Gasteiger partial charge in [0.25, 0.3) is 0 Å². The largest absolute Gasteiger partial charge is 0.490 e. The van der Waals surface area contributed by atoms with Gasteiger partial charge in [0.2, 0.25) is 5.75 Å². The minimum absolute atomic E-state index is 0.367. The quantitative estimate of drug-likeness (QED) is 0.562. The van der Waals surface area contributed by atoms with Crippen LogP contribution in [-0.2, 0) is 0 Å². The minimum Gasteiger partial charge on any atom is -0.490 e. The zero-order chi connectivity index (χ0) is 19.8. The Bertz CT molecular complexity index is 772. The molecule has 2 rings (SSSR count). The summed E-state index contributed by atoms with van der Waals surface area (Å²) in [5, 5.41) is 5.82. The number of nitrogens with two attached hydrogens (primary N) is 1. The van der Waals surface area contributed by atoms with Crippen molar-refractivity contribution >= 4 is 34.7 Å². The molecule has 0 atom stereocenters. The molecular weight excluding hydrogens is 370 g/mol. The summed E-state index contributed by atoms with van der Waals surface area (Å²) in [7, 11) is 0. The first-order valence-corrected chi connectivity index (χ1v) is 9.05. The number of hydrogen-bond acceptors (Lipinski definition) is 5. The molecule has 0 bridgehead atoms. The van der Waals surface area contributed by atoms with E-state index in [0.29, 0.717) is 59.2 Å². The maximum Gasteiger partial charge on any atom is 0.323 e. The van der Waals surface area contributed by atoms with Crippen LogP contribution in [-0.4, -0.2) is 25.9 Å². The van der Waals surface area contributed by atoms with Gasteiger partial charge in [0.1, 0.15) is 0 Å². The summed E-state index contributed by atoms with van der Waals surface area (Å²) in [6.07, 6.45) is 0. The van der Waals surface area contributed by atoms with Crippen LogP contribution in [0.4, 0.5) is 21.9 Å². The van der Waals surface area contributed by atoms with Crippen molar-refractivity contribution in [1.82, 2.24) is 0 Å². The molecule has 0 unspecified atom stereocenters. The highest BCUT2D eigenvalue weighted by Crippen LogP contribution is 2.40. The van der Waals surface area contributed by atoms with Crippen molar-refractivity contribution < 1.29 is 19.0 Å². The Morgan fingerprint density at radius 1 is 0.926 bits per heavy atom. The molecule has 0 radical (unpaired) electrons. The molecule has 27 heavy (non-hydrogen) atoms. The number of ether oxygens (including phenoxy) is 3. The maximum atomic E-state index is 12.3. The summed E-state index contributed by atoms with van der Waals surface area (Å²) in [5.74, 6) is 1.50. The average Bonchev–Trinajstić information content (AvgIpc) is 2.61. The molecule has 0 heterocycles. The number of hydrogen-bond donors (Lipinski definition) is 3. The van der Waals surface area contributed by atoms with Gasteiger partial charge < -0.3 is 30.6 Å². The summed E-state index contributed by atoms with van der Waals surface area (Å²) >= 11 is 5.97. The van der Waals surface area contributed by atoms with Gasteiger partial charge >= 0.3 is 6.03 Å². The second kappa shape index (κ2) is 9.78. The van der Waals surface area contributed by atoms with Gasteiger partial charge in [-0.2, -0.15) is 0 Å². The van der Waals surface area contributed by atoms with Crippen LogP contribution in [0.3, 0.4) is 0 Å². The third-order valence-electron chi connectivity index (χ3n) is 3.43. The molecule has 2 aromatic carbocycles. The number of carbonyl (C=O) groups is 1. The van der Waals surface area contributed by atoms with E-state index < -0.39 is 6.03 Å². The van der Waals surface area contributed by atoms with Crippen LogP contribution < -0.4 is 30.6 Å². The molecule has 7 nitrogen and oxygen atoms in total. The number of halogens is 1. The number of amides is 2. The number of nitrogens with one attached hydrogen (secondary N) is 2. The van der Waals surface area contributed by atoms with E-state index in [4.69, 9.17) is 31.5 Å². The summed E-state index contributed by atoms with van der Waals surface area (Å²) < 4.78 is 16.9. The molecule has 2 aromatic rings. The maximum absolute atomic E-state index is 12.3. The van der Waals surface area contributed by atoms with Crippen LogP contribution in [0.15, 0.2) is 30.3 Å². The number of benzene rings is 2.